The van der Waals surface area contributed by atoms with Crippen LogP contribution in [0.3, 0.4) is 0 Å². The zero-order valence-electron chi connectivity index (χ0n) is 18.4. The van der Waals surface area contributed by atoms with Crippen molar-refractivity contribution in [3.8, 4) is 11.3 Å². The van der Waals surface area contributed by atoms with Crippen molar-refractivity contribution in [1.29, 1.82) is 0 Å². The summed E-state index contributed by atoms with van der Waals surface area (Å²) in [5.74, 6) is -2.70. The molecule has 3 N–H and O–H groups in total. The number of carbonyl (C=O) groups is 2. The van der Waals surface area contributed by atoms with Gasteiger partial charge in [0.15, 0.2) is 11.5 Å². The van der Waals surface area contributed by atoms with Gasteiger partial charge in [-0.15, -0.1) is 0 Å². The van der Waals surface area contributed by atoms with Crippen molar-refractivity contribution < 1.29 is 27.2 Å². The van der Waals surface area contributed by atoms with Crippen LogP contribution in [0.15, 0.2) is 24.8 Å². The summed E-state index contributed by atoms with van der Waals surface area (Å²) in [6.45, 7) is 2.72. The zero-order chi connectivity index (χ0) is 25.0. The standard InChI is InChI=1S/C22H19F4N7O2/c1-8(29-9(2)34)16-19(24)18(21(25)26)17(11-4-28-32-20(11)16)13-6-33-7-14(30-15(33)5-27-13)31-22(35)10-3-12(10)23/h4-8,10,12,21H,3H2,1-2H3,(H,28,32)(H,29,34)(H,31,35)/t8?,10-,12+/m1/s1. The van der Waals surface area contributed by atoms with Crippen LogP contribution >= 0.6 is 0 Å². The molecule has 0 aliphatic heterocycles. The second kappa shape index (κ2) is 8.32. The van der Waals surface area contributed by atoms with Gasteiger partial charge in [-0.25, -0.2) is 22.5 Å². The Bertz CT molecular complexity index is 1480. The summed E-state index contributed by atoms with van der Waals surface area (Å²) in [6.07, 6.45) is 1.15. The molecule has 1 fully saturated rings. The topological polar surface area (TPSA) is 117 Å². The monoisotopic (exact) mass is 489 g/mol. The highest BCUT2D eigenvalue weighted by Crippen LogP contribution is 2.42. The van der Waals surface area contributed by atoms with Crippen molar-refractivity contribution in [3.05, 3.63) is 41.7 Å². The second-order valence-corrected chi connectivity index (χ2v) is 8.41. The van der Waals surface area contributed by atoms with Crippen LogP contribution in [0.5, 0.6) is 0 Å². The fraction of sp³-hybridized carbons (Fsp3) is 0.318. The van der Waals surface area contributed by atoms with Gasteiger partial charge in [0, 0.05) is 29.6 Å². The molecule has 13 heteroatoms. The predicted molar refractivity (Wildman–Crippen MR) is 117 cm³/mol. The third kappa shape index (κ3) is 3.96. The minimum absolute atomic E-state index is 0.0121. The van der Waals surface area contributed by atoms with E-state index in [0.29, 0.717) is 0 Å². The van der Waals surface area contributed by atoms with Crippen LogP contribution < -0.4 is 10.6 Å². The Hall–Kier alpha value is -4.03. The maximum Gasteiger partial charge on any atom is 0.267 e. The van der Waals surface area contributed by atoms with Crippen molar-refractivity contribution in [2.45, 2.75) is 38.9 Å². The van der Waals surface area contributed by atoms with E-state index in [2.05, 4.69) is 30.8 Å². The number of imidazole rings is 1. The number of hydrogen-bond acceptors (Lipinski definition) is 5. The highest BCUT2D eigenvalue weighted by molar-refractivity contribution is 5.98. The van der Waals surface area contributed by atoms with Gasteiger partial charge >= 0.3 is 0 Å². The average Bonchev–Trinajstić information content (AvgIpc) is 3.16. The molecule has 0 bridgehead atoms. The molecule has 3 heterocycles. The Morgan fingerprint density at radius 2 is 1.97 bits per heavy atom. The van der Waals surface area contributed by atoms with Crippen LogP contribution in [0.2, 0.25) is 0 Å². The Morgan fingerprint density at radius 1 is 1.23 bits per heavy atom. The number of nitrogens with zero attached hydrogens (tertiary/aromatic N) is 4. The summed E-state index contributed by atoms with van der Waals surface area (Å²) >= 11 is 0. The number of carbonyl (C=O) groups excluding carboxylic acids is 2. The number of alkyl halides is 3. The molecule has 1 aliphatic rings. The number of nitrogens with one attached hydrogen (secondary N) is 3. The molecule has 0 saturated heterocycles. The van der Waals surface area contributed by atoms with Crippen molar-refractivity contribution in [2.24, 2.45) is 5.92 Å². The first kappa shape index (κ1) is 22.7. The number of aromatic nitrogens is 5. The largest absolute Gasteiger partial charge is 0.350 e. The Balaban J connectivity index is 1.62. The van der Waals surface area contributed by atoms with Crippen LogP contribution in [0.1, 0.15) is 43.9 Å². The molecule has 1 saturated carbocycles. The number of halogens is 4. The molecule has 1 unspecified atom stereocenters. The third-order valence-electron chi connectivity index (χ3n) is 5.89. The third-order valence-corrected chi connectivity index (χ3v) is 5.89. The van der Waals surface area contributed by atoms with Gasteiger partial charge < -0.3 is 15.0 Å². The Morgan fingerprint density at radius 3 is 2.63 bits per heavy atom. The van der Waals surface area contributed by atoms with Gasteiger partial charge in [-0.05, 0) is 13.3 Å². The molecule has 3 atom stereocenters. The molecular weight excluding hydrogens is 470 g/mol. The Kier molecular flexibility index (Phi) is 5.41. The average molecular weight is 489 g/mol. The van der Waals surface area contributed by atoms with Gasteiger partial charge in [0.05, 0.1) is 47.3 Å². The molecule has 35 heavy (non-hydrogen) atoms. The number of fused-ring (bicyclic) bond motifs is 2. The number of amides is 2. The number of rotatable bonds is 6. The van der Waals surface area contributed by atoms with Gasteiger partial charge in [0.2, 0.25) is 11.8 Å². The van der Waals surface area contributed by atoms with Crippen LogP contribution in [0.4, 0.5) is 23.4 Å². The molecule has 0 radical (unpaired) electrons. The molecule has 0 spiro atoms. The first-order chi connectivity index (χ1) is 16.7. The summed E-state index contributed by atoms with van der Waals surface area (Å²) in [4.78, 5) is 31.9. The zero-order valence-corrected chi connectivity index (χ0v) is 18.4. The van der Waals surface area contributed by atoms with E-state index in [4.69, 9.17) is 0 Å². The lowest BCUT2D eigenvalue weighted by molar-refractivity contribution is -0.119. The highest BCUT2D eigenvalue weighted by Gasteiger charge is 2.43. The maximum absolute atomic E-state index is 15.5. The SMILES string of the molecule is CC(=O)NC(C)c1c(F)c(C(F)F)c(-c2cn3cc(NC(=O)[C@@H]4C[C@@H]4F)nc3cn2)c2cn[nH]c12. The van der Waals surface area contributed by atoms with E-state index in [1.807, 2.05) is 0 Å². The molecule has 1 aliphatic carbocycles. The number of anilines is 1. The first-order valence-electron chi connectivity index (χ1n) is 10.7. The maximum atomic E-state index is 15.5. The van der Waals surface area contributed by atoms with E-state index in [-0.39, 0.29) is 45.6 Å². The Labute approximate surface area is 194 Å². The fourth-order valence-corrected chi connectivity index (χ4v) is 4.20. The van der Waals surface area contributed by atoms with Crippen LogP contribution in [0, 0.1) is 11.7 Å². The molecule has 3 aromatic heterocycles. The molecule has 5 rings (SSSR count). The van der Waals surface area contributed by atoms with Gasteiger partial charge in [0.25, 0.3) is 6.43 Å². The predicted octanol–water partition coefficient (Wildman–Crippen LogP) is 3.84. The van der Waals surface area contributed by atoms with Crippen LogP contribution in [-0.2, 0) is 9.59 Å². The minimum Gasteiger partial charge on any atom is -0.350 e. The number of hydrogen-bond donors (Lipinski definition) is 3. The van der Waals surface area contributed by atoms with Crippen LogP contribution in [0.25, 0.3) is 27.8 Å². The highest BCUT2D eigenvalue weighted by atomic mass is 19.3. The number of aromatic amines is 1. The quantitative estimate of drug-likeness (QED) is 0.356. The first-order valence-corrected chi connectivity index (χ1v) is 10.7. The minimum atomic E-state index is -3.20. The molecular formula is C22H19F4N7O2. The molecule has 4 aromatic rings. The van der Waals surface area contributed by atoms with E-state index in [9.17, 15) is 22.8 Å². The van der Waals surface area contributed by atoms with Crippen molar-refractivity contribution in [3.63, 3.8) is 0 Å². The van der Waals surface area contributed by atoms with Gasteiger partial charge in [0.1, 0.15) is 12.0 Å². The lowest BCUT2D eigenvalue weighted by Crippen LogP contribution is -2.25. The van der Waals surface area contributed by atoms with Crippen LogP contribution in [-0.4, -0.2) is 42.6 Å². The molecule has 182 valence electrons. The summed E-state index contributed by atoms with van der Waals surface area (Å²) in [6, 6.07) is -0.910. The second-order valence-electron chi connectivity index (χ2n) is 8.41. The van der Waals surface area contributed by atoms with Gasteiger partial charge in [-0.1, -0.05) is 0 Å². The van der Waals surface area contributed by atoms with Crippen molar-refractivity contribution >= 4 is 34.2 Å². The smallest absolute Gasteiger partial charge is 0.267 e. The number of benzene rings is 1. The fourth-order valence-electron chi connectivity index (χ4n) is 4.20. The normalized spacial score (nSPS) is 18.3. The summed E-state index contributed by atoms with van der Waals surface area (Å²) in [5, 5.41) is 11.7. The summed E-state index contributed by atoms with van der Waals surface area (Å²) in [7, 11) is 0. The molecule has 1 aromatic carbocycles. The molecule has 2 amide bonds. The van der Waals surface area contributed by atoms with Gasteiger partial charge in [-0.3, -0.25) is 19.7 Å². The lowest BCUT2D eigenvalue weighted by Gasteiger charge is -2.19. The van der Waals surface area contributed by atoms with Crippen molar-refractivity contribution in [1.82, 2.24) is 29.9 Å². The summed E-state index contributed by atoms with van der Waals surface area (Å²) in [5.41, 5.74) is -0.748. The van der Waals surface area contributed by atoms with E-state index < -0.39 is 47.8 Å². The van der Waals surface area contributed by atoms with Gasteiger partial charge in [-0.2, -0.15) is 5.10 Å². The molecule has 9 nitrogen and oxygen atoms in total. The lowest BCUT2D eigenvalue weighted by atomic mass is 9.93. The van der Waals surface area contributed by atoms with Crippen molar-refractivity contribution in [2.75, 3.05) is 5.32 Å². The van der Waals surface area contributed by atoms with E-state index in [1.54, 1.807) is 0 Å². The number of H-pyrrole nitrogens is 1. The van der Waals surface area contributed by atoms with E-state index in [1.165, 1.54) is 43.0 Å². The van der Waals surface area contributed by atoms with E-state index in [0.717, 1.165) is 0 Å². The van der Waals surface area contributed by atoms with E-state index >= 15 is 4.39 Å². The summed E-state index contributed by atoms with van der Waals surface area (Å²) < 4.78 is 58.5.